The molecule has 7 nitrogen and oxygen atoms in total. The number of hydrogen-bond acceptors (Lipinski definition) is 7. The molecule has 0 aliphatic heterocycles. The summed E-state index contributed by atoms with van der Waals surface area (Å²) >= 11 is 1.45. The van der Waals surface area contributed by atoms with Crippen molar-refractivity contribution >= 4 is 33.3 Å². The Hall–Kier alpha value is -3.00. The van der Waals surface area contributed by atoms with Gasteiger partial charge in [0.2, 0.25) is 10.0 Å². The third-order valence-corrected chi connectivity index (χ3v) is 6.31. The Kier molecular flexibility index (Phi) is 6.90. The maximum absolute atomic E-state index is 13.4. The summed E-state index contributed by atoms with van der Waals surface area (Å²) in [5.41, 5.74) is 1.68. The zero-order valence-electron chi connectivity index (χ0n) is 16.8. The van der Waals surface area contributed by atoms with Crippen LogP contribution in [0, 0.1) is 23.1 Å². The molecule has 0 aliphatic carbocycles. The fourth-order valence-corrected chi connectivity index (χ4v) is 3.93. The van der Waals surface area contributed by atoms with E-state index in [-0.39, 0.29) is 22.1 Å². The quantitative estimate of drug-likeness (QED) is 0.401. The van der Waals surface area contributed by atoms with Gasteiger partial charge in [0.05, 0.1) is 10.6 Å². The van der Waals surface area contributed by atoms with Gasteiger partial charge in [-0.05, 0) is 54.4 Å². The van der Waals surface area contributed by atoms with E-state index in [1.54, 1.807) is 12.1 Å². The highest BCUT2D eigenvalue weighted by molar-refractivity contribution is 7.99. The van der Waals surface area contributed by atoms with Gasteiger partial charge >= 0.3 is 0 Å². The fraction of sp³-hybridized carbons (Fsp3) is 0.190. The number of anilines is 2. The first-order valence-corrected chi connectivity index (χ1v) is 11.8. The lowest BCUT2D eigenvalue weighted by Gasteiger charge is -2.13. The zero-order chi connectivity index (χ0) is 22.6. The molecule has 3 rings (SSSR count). The summed E-state index contributed by atoms with van der Waals surface area (Å²) < 4.78 is 36.3. The molecule has 0 unspecified atom stereocenters. The van der Waals surface area contributed by atoms with Crippen LogP contribution in [0.3, 0.4) is 0 Å². The zero-order valence-corrected chi connectivity index (χ0v) is 18.5. The predicted octanol–water partition coefficient (Wildman–Crippen LogP) is 4.29. The van der Waals surface area contributed by atoms with Gasteiger partial charge in [0, 0.05) is 17.0 Å². The van der Waals surface area contributed by atoms with Gasteiger partial charge in [-0.1, -0.05) is 25.6 Å². The number of rotatable bonds is 7. The number of aromatic nitrogens is 2. The average Bonchev–Trinajstić information content (AvgIpc) is 2.72. The van der Waals surface area contributed by atoms with Crippen LogP contribution in [0.2, 0.25) is 0 Å². The van der Waals surface area contributed by atoms with Gasteiger partial charge in [-0.25, -0.2) is 27.9 Å². The van der Waals surface area contributed by atoms with E-state index < -0.39 is 10.0 Å². The molecule has 31 heavy (non-hydrogen) atoms. The highest BCUT2D eigenvalue weighted by atomic mass is 32.2. The van der Waals surface area contributed by atoms with Crippen molar-refractivity contribution in [3.05, 3.63) is 59.9 Å². The van der Waals surface area contributed by atoms with Crippen LogP contribution in [-0.2, 0) is 10.0 Å². The molecule has 3 N–H and O–H groups in total. The third kappa shape index (κ3) is 5.79. The van der Waals surface area contributed by atoms with Crippen LogP contribution in [-0.4, -0.2) is 24.1 Å². The molecule has 0 atom stereocenters. The van der Waals surface area contributed by atoms with Crippen molar-refractivity contribution in [3.63, 3.8) is 0 Å². The minimum Gasteiger partial charge on any atom is -0.339 e. The Labute approximate surface area is 184 Å². The highest BCUT2D eigenvalue weighted by Gasteiger charge is 2.17. The van der Waals surface area contributed by atoms with Crippen LogP contribution in [0.25, 0.3) is 11.3 Å². The number of halogens is 1. The molecule has 0 spiro atoms. The monoisotopic (exact) mass is 457 g/mol. The normalized spacial score (nSPS) is 11.4. The molecule has 1 aromatic heterocycles. The average molecular weight is 458 g/mol. The Balaban J connectivity index is 2.06. The van der Waals surface area contributed by atoms with Crippen LogP contribution in [0.15, 0.2) is 58.6 Å². The molecule has 0 bridgehead atoms. The lowest BCUT2D eigenvalue weighted by Crippen LogP contribution is -2.12. The van der Waals surface area contributed by atoms with Crippen LogP contribution in [0.5, 0.6) is 0 Å². The molecule has 0 radical (unpaired) electrons. The topological polar surface area (TPSA) is 122 Å². The van der Waals surface area contributed by atoms with Gasteiger partial charge in [0.25, 0.3) is 0 Å². The number of nitriles is 1. The summed E-state index contributed by atoms with van der Waals surface area (Å²) in [7, 11) is -3.81. The summed E-state index contributed by atoms with van der Waals surface area (Å²) in [6, 6.07) is 13.6. The second kappa shape index (κ2) is 9.43. The van der Waals surface area contributed by atoms with Crippen molar-refractivity contribution in [1.82, 2.24) is 9.97 Å². The molecule has 0 saturated carbocycles. The summed E-state index contributed by atoms with van der Waals surface area (Å²) in [5.74, 6) is 1.06. The molecule has 0 saturated heterocycles. The molecule has 3 aromatic rings. The van der Waals surface area contributed by atoms with E-state index in [4.69, 9.17) is 5.14 Å². The lowest BCUT2D eigenvalue weighted by molar-refractivity contribution is 0.598. The molecule has 10 heteroatoms. The van der Waals surface area contributed by atoms with Gasteiger partial charge in [-0.15, -0.1) is 0 Å². The second-order valence-electron chi connectivity index (χ2n) is 7.10. The number of nitrogens with zero attached hydrogens (tertiary/aromatic N) is 3. The van der Waals surface area contributed by atoms with Crippen molar-refractivity contribution in [2.45, 2.75) is 23.9 Å². The first kappa shape index (κ1) is 22.7. The highest BCUT2D eigenvalue weighted by Crippen LogP contribution is 2.31. The number of benzene rings is 2. The van der Waals surface area contributed by atoms with Gasteiger partial charge < -0.3 is 5.32 Å². The van der Waals surface area contributed by atoms with Gasteiger partial charge in [0.15, 0.2) is 11.0 Å². The summed E-state index contributed by atoms with van der Waals surface area (Å²) in [5, 5.41) is 18.5. The van der Waals surface area contributed by atoms with Gasteiger partial charge in [0.1, 0.15) is 17.4 Å². The Morgan fingerprint density at radius 3 is 2.32 bits per heavy atom. The minimum atomic E-state index is -3.81. The molecule has 1 heterocycles. The van der Waals surface area contributed by atoms with Crippen molar-refractivity contribution in [2.24, 2.45) is 11.1 Å². The number of sulfonamides is 1. The van der Waals surface area contributed by atoms with Crippen molar-refractivity contribution in [2.75, 3.05) is 11.1 Å². The van der Waals surface area contributed by atoms with Crippen LogP contribution in [0.1, 0.15) is 19.4 Å². The molecule has 0 aliphatic rings. The lowest BCUT2D eigenvalue weighted by atomic mass is 10.1. The summed E-state index contributed by atoms with van der Waals surface area (Å²) in [4.78, 5) is 9.00. The van der Waals surface area contributed by atoms with Crippen LogP contribution in [0.4, 0.5) is 15.9 Å². The number of primary sulfonamides is 1. The van der Waals surface area contributed by atoms with E-state index in [0.717, 1.165) is 5.75 Å². The predicted molar refractivity (Wildman–Crippen MR) is 119 cm³/mol. The van der Waals surface area contributed by atoms with Crippen LogP contribution >= 0.6 is 11.8 Å². The van der Waals surface area contributed by atoms with Gasteiger partial charge in [-0.3, -0.25) is 0 Å². The molecule has 2 aromatic carbocycles. The Morgan fingerprint density at radius 2 is 1.77 bits per heavy atom. The number of hydrogen-bond donors (Lipinski definition) is 2. The van der Waals surface area contributed by atoms with Crippen molar-refractivity contribution in [3.8, 4) is 17.3 Å². The third-order valence-electron chi connectivity index (χ3n) is 4.11. The van der Waals surface area contributed by atoms with Crippen molar-refractivity contribution < 1.29 is 12.8 Å². The fourth-order valence-electron chi connectivity index (χ4n) is 2.62. The maximum Gasteiger partial charge on any atom is 0.238 e. The van der Waals surface area contributed by atoms with E-state index in [2.05, 4.69) is 35.2 Å². The molecular weight excluding hydrogens is 437 g/mol. The minimum absolute atomic E-state index is 0.0265. The smallest absolute Gasteiger partial charge is 0.238 e. The molecule has 0 amide bonds. The van der Waals surface area contributed by atoms with E-state index >= 15 is 0 Å². The number of nitrogens with one attached hydrogen (secondary N) is 1. The first-order chi connectivity index (χ1) is 14.7. The summed E-state index contributed by atoms with van der Waals surface area (Å²) in [6.07, 6.45) is 0. The van der Waals surface area contributed by atoms with E-state index in [0.29, 0.717) is 28.0 Å². The van der Waals surface area contributed by atoms with E-state index in [1.807, 2.05) is 0 Å². The first-order valence-electron chi connectivity index (χ1n) is 9.28. The van der Waals surface area contributed by atoms with Crippen molar-refractivity contribution in [1.29, 1.82) is 5.26 Å². The second-order valence-corrected chi connectivity index (χ2v) is 9.64. The molecule has 0 fully saturated rings. The number of thioether (sulfide) groups is 1. The Bertz CT molecular complexity index is 1220. The van der Waals surface area contributed by atoms with Gasteiger partial charge in [-0.2, -0.15) is 5.26 Å². The van der Waals surface area contributed by atoms with Crippen LogP contribution < -0.4 is 10.5 Å². The molecule has 160 valence electrons. The summed E-state index contributed by atoms with van der Waals surface area (Å²) in [6.45, 7) is 4.15. The van der Waals surface area contributed by atoms with E-state index in [1.165, 1.54) is 48.2 Å². The molecular formula is C21H20FN5O2S2. The standard InChI is InChI=1S/C21H20FN5O2S2/c1-13(2)12-30-21-26-19(14-3-5-15(22)6-4-14)18(11-23)20(27-21)25-16-7-9-17(10-8-16)31(24,28)29/h3-10,13H,12H2,1-2H3,(H2,24,28,29)(H,25,26,27). The maximum atomic E-state index is 13.4. The number of nitrogens with two attached hydrogens (primary N) is 1. The Morgan fingerprint density at radius 1 is 1.13 bits per heavy atom. The van der Waals surface area contributed by atoms with E-state index in [9.17, 15) is 18.1 Å². The largest absolute Gasteiger partial charge is 0.339 e. The SMILES string of the molecule is CC(C)CSc1nc(Nc2ccc(S(N)(=O)=O)cc2)c(C#N)c(-c2ccc(F)cc2)n1.